The Kier molecular flexibility index (Phi) is 2.73. The van der Waals surface area contributed by atoms with E-state index in [9.17, 15) is 13.2 Å². The van der Waals surface area contributed by atoms with Crippen molar-refractivity contribution < 1.29 is 13.2 Å². The van der Waals surface area contributed by atoms with Crippen LogP contribution in [0.4, 0.5) is 0 Å². The Morgan fingerprint density at radius 1 is 1.38 bits per heavy atom. The van der Waals surface area contributed by atoms with Gasteiger partial charge in [-0.2, -0.15) is 0 Å². The van der Waals surface area contributed by atoms with Gasteiger partial charge in [0.25, 0.3) is 0 Å². The van der Waals surface area contributed by atoms with Crippen LogP contribution >= 0.6 is 11.6 Å². The van der Waals surface area contributed by atoms with Crippen LogP contribution in [0.1, 0.15) is 5.56 Å². The normalized spacial score (nSPS) is 11.2. The van der Waals surface area contributed by atoms with Crippen LogP contribution in [0.15, 0.2) is 23.1 Å². The second-order valence-corrected chi connectivity index (χ2v) is 4.91. The molecular weight excluding hydrogens is 212 g/mol. The predicted octanol–water partition coefficient (Wildman–Crippen LogP) is 1.20. The van der Waals surface area contributed by atoms with E-state index in [0.717, 1.165) is 6.26 Å². The zero-order chi connectivity index (χ0) is 10.1. The lowest BCUT2D eigenvalue weighted by Crippen LogP contribution is -1.99. The summed E-state index contributed by atoms with van der Waals surface area (Å²) in [5.74, 6) is 0. The van der Waals surface area contributed by atoms with Crippen molar-refractivity contribution in [2.75, 3.05) is 6.26 Å². The molecule has 0 spiro atoms. The lowest BCUT2D eigenvalue weighted by atomic mass is 10.2. The van der Waals surface area contributed by atoms with Crippen molar-refractivity contribution in [2.24, 2.45) is 0 Å². The van der Waals surface area contributed by atoms with Crippen molar-refractivity contribution in [2.45, 2.75) is 4.90 Å². The second kappa shape index (κ2) is 3.47. The predicted molar refractivity (Wildman–Crippen MR) is 49.4 cm³/mol. The zero-order valence-electron chi connectivity index (χ0n) is 6.74. The van der Waals surface area contributed by atoms with Gasteiger partial charge in [0, 0.05) is 11.8 Å². The molecule has 0 atom stereocenters. The Morgan fingerprint density at radius 3 is 2.46 bits per heavy atom. The van der Waals surface area contributed by atoms with Crippen molar-refractivity contribution >= 4 is 27.7 Å². The molecule has 13 heavy (non-hydrogen) atoms. The van der Waals surface area contributed by atoms with E-state index < -0.39 is 9.84 Å². The monoisotopic (exact) mass is 217 g/mol. The van der Waals surface area contributed by atoms with Crippen molar-refractivity contribution in [1.29, 1.82) is 0 Å². The van der Waals surface area contributed by atoms with Crippen LogP contribution in [-0.2, 0) is 14.6 Å². The number of hydrogen-bond donors (Lipinski definition) is 0. The van der Waals surface area contributed by atoms with E-state index in [1.807, 2.05) is 0 Å². The first-order chi connectivity index (χ1) is 5.95. The van der Waals surface area contributed by atoms with Crippen molar-refractivity contribution in [1.82, 2.24) is 0 Å². The van der Waals surface area contributed by atoms with E-state index in [0.29, 0.717) is 0 Å². The molecule has 0 aliphatic heterocycles. The highest BCUT2D eigenvalue weighted by Crippen LogP contribution is 2.21. The molecule has 69 valence electrons. The van der Waals surface area contributed by atoms with Crippen LogP contribution in [0.5, 0.6) is 0 Å². The smallest absolute Gasteiger partial charge is 0.233 e. The van der Waals surface area contributed by atoms with Crippen LogP contribution < -0.4 is 0 Å². The average molecular weight is 218 g/mol. The lowest BCUT2D eigenvalue weighted by Gasteiger charge is -2.00. The van der Waals surface area contributed by atoms with E-state index in [1.165, 1.54) is 18.2 Å². The fraction of sp³-hybridized carbons (Fsp3) is 0.125. The van der Waals surface area contributed by atoms with Gasteiger partial charge in [-0.25, -0.2) is 8.42 Å². The van der Waals surface area contributed by atoms with Crippen LogP contribution in [0.3, 0.4) is 0 Å². The third-order valence-corrected chi connectivity index (χ3v) is 3.03. The molecule has 1 aromatic carbocycles. The summed E-state index contributed by atoms with van der Waals surface area (Å²) in [6, 6.07) is 3.97. The van der Waals surface area contributed by atoms with Gasteiger partial charge in [-0.05, 0) is 18.2 Å². The van der Waals surface area contributed by atoms with Crippen LogP contribution in [0.2, 0.25) is 5.02 Å². The molecule has 0 saturated heterocycles. The summed E-state index contributed by atoms with van der Waals surface area (Å²) in [5, 5.41) is 0.113. The van der Waals surface area contributed by atoms with Crippen molar-refractivity contribution in [3.05, 3.63) is 28.8 Å². The molecule has 1 rings (SSSR count). The standard InChI is InChI=1S/C8H6ClO3S/c1-13(11,12)8-4-6(5-10)2-3-7(8)9/h2-4H,1H3. The highest BCUT2D eigenvalue weighted by Gasteiger charge is 2.12. The van der Waals surface area contributed by atoms with Gasteiger partial charge >= 0.3 is 0 Å². The van der Waals surface area contributed by atoms with Gasteiger partial charge in [0.1, 0.15) is 0 Å². The van der Waals surface area contributed by atoms with E-state index in [1.54, 1.807) is 6.29 Å². The van der Waals surface area contributed by atoms with Gasteiger partial charge in [0.15, 0.2) is 9.84 Å². The number of benzene rings is 1. The Balaban J connectivity index is 3.44. The number of hydrogen-bond acceptors (Lipinski definition) is 3. The first-order valence-electron chi connectivity index (χ1n) is 3.33. The Labute approximate surface area is 81.3 Å². The minimum atomic E-state index is -3.38. The fourth-order valence-corrected chi connectivity index (χ4v) is 2.15. The molecule has 5 heteroatoms. The number of carbonyl (C=O) groups excluding carboxylic acids is 1. The molecule has 0 amide bonds. The number of rotatable bonds is 2. The molecule has 0 N–H and O–H groups in total. The van der Waals surface area contributed by atoms with E-state index in [-0.39, 0.29) is 15.5 Å². The molecule has 0 aliphatic rings. The molecular formula is C8H6ClO3S. The molecule has 1 radical (unpaired) electrons. The second-order valence-electron chi connectivity index (χ2n) is 2.52. The molecule has 0 fully saturated rings. The maximum Gasteiger partial charge on any atom is 0.233 e. The molecule has 0 unspecified atom stereocenters. The summed E-state index contributed by atoms with van der Waals surface area (Å²) in [5.41, 5.74) is 0.171. The molecule has 0 aromatic heterocycles. The summed E-state index contributed by atoms with van der Waals surface area (Å²) >= 11 is 5.63. The SMILES string of the molecule is CS(=O)(=O)c1cc([C]=O)ccc1Cl. The minimum Gasteiger partial charge on any atom is -0.285 e. The average Bonchev–Trinajstić information content (AvgIpc) is 2.03. The van der Waals surface area contributed by atoms with Gasteiger partial charge in [-0.3, -0.25) is 4.79 Å². The van der Waals surface area contributed by atoms with E-state index in [2.05, 4.69) is 0 Å². The number of sulfone groups is 1. The van der Waals surface area contributed by atoms with Gasteiger partial charge < -0.3 is 0 Å². The lowest BCUT2D eigenvalue weighted by molar-refractivity contribution is 0.562. The highest BCUT2D eigenvalue weighted by atomic mass is 35.5. The summed E-state index contributed by atoms with van der Waals surface area (Å²) in [4.78, 5) is 10.2. The van der Waals surface area contributed by atoms with Crippen molar-refractivity contribution in [3.8, 4) is 0 Å². The van der Waals surface area contributed by atoms with Gasteiger partial charge in [-0.1, -0.05) is 11.6 Å². The van der Waals surface area contributed by atoms with Gasteiger partial charge in [-0.15, -0.1) is 0 Å². The fourth-order valence-electron chi connectivity index (χ4n) is 0.851. The maximum atomic E-state index is 11.1. The molecule has 0 bridgehead atoms. The third kappa shape index (κ3) is 2.29. The minimum absolute atomic E-state index is 0.0463. The van der Waals surface area contributed by atoms with E-state index >= 15 is 0 Å². The first-order valence-corrected chi connectivity index (χ1v) is 5.60. The highest BCUT2D eigenvalue weighted by molar-refractivity contribution is 7.90. The largest absolute Gasteiger partial charge is 0.285 e. The summed E-state index contributed by atoms with van der Waals surface area (Å²) in [7, 11) is -3.38. The molecule has 1 aromatic rings. The Morgan fingerprint density at radius 2 is 2.00 bits per heavy atom. The van der Waals surface area contributed by atoms with Crippen LogP contribution in [0.25, 0.3) is 0 Å². The Hall–Kier alpha value is -0.870. The maximum absolute atomic E-state index is 11.1. The zero-order valence-corrected chi connectivity index (χ0v) is 8.32. The van der Waals surface area contributed by atoms with Gasteiger partial charge in [0.2, 0.25) is 6.29 Å². The summed E-state index contributed by atoms with van der Waals surface area (Å²) in [6.45, 7) is 0. The molecule has 0 saturated carbocycles. The first kappa shape index (κ1) is 10.2. The molecule has 3 nitrogen and oxygen atoms in total. The Bertz CT molecular complexity index is 437. The van der Waals surface area contributed by atoms with Gasteiger partial charge in [0.05, 0.1) is 9.92 Å². The van der Waals surface area contributed by atoms with Crippen LogP contribution in [-0.4, -0.2) is 21.0 Å². The third-order valence-electron chi connectivity index (χ3n) is 1.45. The summed E-state index contributed by atoms with van der Waals surface area (Å²) in [6.07, 6.45) is 2.62. The van der Waals surface area contributed by atoms with E-state index in [4.69, 9.17) is 11.6 Å². The van der Waals surface area contributed by atoms with Crippen molar-refractivity contribution in [3.63, 3.8) is 0 Å². The topological polar surface area (TPSA) is 51.2 Å². The quantitative estimate of drug-likeness (QED) is 0.748. The molecule has 0 aliphatic carbocycles. The molecule has 0 heterocycles. The summed E-state index contributed by atoms with van der Waals surface area (Å²) < 4.78 is 22.2. The number of halogens is 1. The van der Waals surface area contributed by atoms with Crippen LogP contribution in [0, 0.1) is 0 Å².